The van der Waals surface area contributed by atoms with Gasteiger partial charge in [0.1, 0.15) is 11.4 Å². The molecular weight excluding hydrogens is 368 g/mol. The number of esters is 1. The number of alkyl halides is 1. The summed E-state index contributed by atoms with van der Waals surface area (Å²) in [6, 6.07) is 7.80. The first kappa shape index (κ1) is 18.8. The van der Waals surface area contributed by atoms with Crippen LogP contribution in [0.1, 0.15) is 28.4 Å². The molecule has 0 radical (unpaired) electrons. The lowest BCUT2D eigenvalue weighted by Gasteiger charge is -2.12. The number of hydrogen-bond donors (Lipinski definition) is 1. The number of rotatable bonds is 5. The fraction of sp³-hybridized carbons (Fsp3) is 0.263. The van der Waals surface area contributed by atoms with Crippen molar-refractivity contribution in [2.24, 2.45) is 0 Å². The molecule has 0 unspecified atom stereocenters. The van der Waals surface area contributed by atoms with Gasteiger partial charge in [-0.2, -0.15) is 9.78 Å². The van der Waals surface area contributed by atoms with E-state index >= 15 is 0 Å². The monoisotopic (exact) mass is 386 g/mol. The first-order valence-corrected chi connectivity index (χ1v) is 8.98. The third kappa shape index (κ3) is 3.64. The number of hydrogen-bond acceptors (Lipinski definition) is 5. The van der Waals surface area contributed by atoms with Crippen LogP contribution >= 0.6 is 11.6 Å². The highest BCUT2D eigenvalue weighted by molar-refractivity contribution is 6.29. The second kappa shape index (κ2) is 7.75. The van der Waals surface area contributed by atoms with E-state index in [1.807, 2.05) is 38.1 Å². The van der Waals surface area contributed by atoms with Crippen molar-refractivity contribution in [2.45, 2.75) is 20.8 Å². The minimum absolute atomic E-state index is 0.139. The second-order valence-corrected chi connectivity index (χ2v) is 6.26. The van der Waals surface area contributed by atoms with E-state index in [4.69, 9.17) is 16.3 Å². The number of benzene rings is 1. The maximum absolute atomic E-state index is 12.2. The van der Waals surface area contributed by atoms with Gasteiger partial charge in [0.25, 0.3) is 0 Å². The van der Waals surface area contributed by atoms with Crippen molar-refractivity contribution in [3.8, 4) is 5.82 Å². The van der Waals surface area contributed by atoms with E-state index in [1.165, 1.54) is 10.9 Å². The Balaban J connectivity index is 2.19. The first-order valence-electron chi connectivity index (χ1n) is 8.44. The maximum atomic E-state index is 12.2. The molecule has 27 heavy (non-hydrogen) atoms. The van der Waals surface area contributed by atoms with E-state index in [9.17, 15) is 9.59 Å². The molecule has 140 valence electrons. The number of fused-ring (bicyclic) bond motifs is 1. The average Bonchev–Trinajstić information content (AvgIpc) is 3.06. The largest absolute Gasteiger partial charge is 0.462 e. The fourth-order valence-electron chi connectivity index (χ4n) is 2.82. The van der Waals surface area contributed by atoms with E-state index in [0.717, 1.165) is 22.0 Å². The lowest BCUT2D eigenvalue weighted by atomic mass is 10.1. The van der Waals surface area contributed by atoms with Crippen LogP contribution in [0.5, 0.6) is 0 Å². The predicted molar refractivity (Wildman–Crippen MR) is 104 cm³/mol. The zero-order chi connectivity index (χ0) is 19.6. The van der Waals surface area contributed by atoms with Gasteiger partial charge in [-0.1, -0.05) is 18.2 Å². The summed E-state index contributed by atoms with van der Waals surface area (Å²) >= 11 is 5.61. The molecule has 0 aliphatic rings. The van der Waals surface area contributed by atoms with Crippen molar-refractivity contribution >= 4 is 40.2 Å². The number of aryl methyl sites for hydroxylation is 2. The zero-order valence-electron chi connectivity index (χ0n) is 15.2. The molecule has 1 amide bonds. The topological polar surface area (TPSA) is 86.1 Å². The van der Waals surface area contributed by atoms with Gasteiger partial charge < -0.3 is 10.1 Å². The van der Waals surface area contributed by atoms with Gasteiger partial charge in [0.05, 0.1) is 18.3 Å². The van der Waals surface area contributed by atoms with Crippen LogP contribution in [0.4, 0.5) is 5.82 Å². The van der Waals surface area contributed by atoms with Crippen molar-refractivity contribution in [1.82, 2.24) is 14.8 Å². The van der Waals surface area contributed by atoms with Gasteiger partial charge in [0.15, 0.2) is 11.6 Å². The molecule has 3 rings (SSSR count). The molecule has 0 aliphatic heterocycles. The molecule has 0 atom stereocenters. The Hall–Kier alpha value is -2.93. The van der Waals surface area contributed by atoms with Crippen LogP contribution in [-0.4, -0.2) is 39.1 Å². The number of ether oxygens (including phenoxy) is 1. The van der Waals surface area contributed by atoms with Gasteiger partial charge in [0, 0.05) is 5.39 Å². The highest BCUT2D eigenvalue weighted by Gasteiger charge is 2.22. The molecule has 7 nitrogen and oxygen atoms in total. The molecule has 0 aliphatic carbocycles. The summed E-state index contributed by atoms with van der Waals surface area (Å²) in [5, 5.41) is 7.90. The molecular formula is C19H19ClN4O3. The molecule has 1 aromatic carbocycles. The highest BCUT2D eigenvalue weighted by Crippen LogP contribution is 2.26. The maximum Gasteiger partial charge on any atom is 0.343 e. The summed E-state index contributed by atoms with van der Waals surface area (Å²) < 4.78 is 6.46. The van der Waals surface area contributed by atoms with Crippen molar-refractivity contribution < 1.29 is 14.3 Å². The minimum atomic E-state index is -0.581. The van der Waals surface area contributed by atoms with Crippen LogP contribution in [0.25, 0.3) is 16.7 Å². The van der Waals surface area contributed by atoms with Crippen molar-refractivity contribution in [3.05, 3.63) is 47.2 Å². The number of carbonyl (C=O) groups excluding carboxylic acids is 2. The Morgan fingerprint density at radius 2 is 2.04 bits per heavy atom. The molecule has 0 bridgehead atoms. The Kier molecular flexibility index (Phi) is 5.41. The first-order chi connectivity index (χ1) is 13.0. The summed E-state index contributed by atoms with van der Waals surface area (Å²) in [7, 11) is 0. The average molecular weight is 387 g/mol. The highest BCUT2D eigenvalue weighted by atomic mass is 35.5. The van der Waals surface area contributed by atoms with E-state index in [1.54, 1.807) is 6.92 Å². The fourth-order valence-corrected chi connectivity index (χ4v) is 2.89. The Morgan fingerprint density at radius 1 is 1.26 bits per heavy atom. The van der Waals surface area contributed by atoms with Gasteiger partial charge in [-0.05, 0) is 38.0 Å². The van der Waals surface area contributed by atoms with E-state index in [2.05, 4.69) is 15.4 Å². The van der Waals surface area contributed by atoms with Crippen LogP contribution in [0.3, 0.4) is 0 Å². The molecule has 0 saturated heterocycles. The van der Waals surface area contributed by atoms with Crippen molar-refractivity contribution in [2.75, 3.05) is 17.8 Å². The Bertz CT molecular complexity index is 1030. The number of amides is 1. The number of nitrogens with zero attached hydrogens (tertiary/aromatic N) is 3. The molecule has 0 spiro atoms. The van der Waals surface area contributed by atoms with Crippen LogP contribution in [0.15, 0.2) is 30.5 Å². The summed E-state index contributed by atoms with van der Waals surface area (Å²) in [5.74, 6) is -0.634. The summed E-state index contributed by atoms with van der Waals surface area (Å²) in [6.45, 7) is 5.86. The summed E-state index contributed by atoms with van der Waals surface area (Å²) in [5.41, 5.74) is 2.98. The standard InChI is InChI=1S/C19H19ClN4O3/c1-4-27-19(26)14-10-21-24(18(14)23-16(25)9-20)15-8-12(3)13-7-5-6-11(2)17(13)22-15/h5-8,10H,4,9H2,1-3H3,(H,23,25). The molecule has 3 aromatic rings. The number of halogens is 1. The van der Waals surface area contributed by atoms with E-state index in [-0.39, 0.29) is 23.9 Å². The smallest absolute Gasteiger partial charge is 0.343 e. The van der Waals surface area contributed by atoms with Crippen LogP contribution in [0, 0.1) is 13.8 Å². The normalized spacial score (nSPS) is 10.8. The van der Waals surface area contributed by atoms with Gasteiger partial charge >= 0.3 is 5.97 Å². The number of pyridine rings is 1. The Morgan fingerprint density at radius 3 is 2.74 bits per heavy atom. The molecule has 1 N–H and O–H groups in total. The third-order valence-electron chi connectivity index (χ3n) is 4.10. The second-order valence-electron chi connectivity index (χ2n) is 5.99. The molecule has 0 fully saturated rings. The van der Waals surface area contributed by atoms with Gasteiger partial charge in [-0.25, -0.2) is 9.78 Å². The predicted octanol–water partition coefficient (Wildman–Crippen LogP) is 3.39. The number of aromatic nitrogens is 3. The lowest BCUT2D eigenvalue weighted by molar-refractivity contribution is -0.114. The molecule has 0 saturated carbocycles. The summed E-state index contributed by atoms with van der Waals surface area (Å²) in [6.07, 6.45) is 1.35. The zero-order valence-corrected chi connectivity index (χ0v) is 16.0. The van der Waals surface area contributed by atoms with Crippen molar-refractivity contribution in [1.29, 1.82) is 0 Å². The lowest BCUT2D eigenvalue weighted by Crippen LogP contribution is -2.19. The van der Waals surface area contributed by atoms with Crippen LogP contribution < -0.4 is 5.32 Å². The molecule has 2 heterocycles. The minimum Gasteiger partial charge on any atom is -0.462 e. The number of nitrogens with one attached hydrogen (secondary N) is 1. The van der Waals surface area contributed by atoms with Gasteiger partial charge in [-0.3, -0.25) is 4.79 Å². The number of para-hydroxylation sites is 1. The van der Waals surface area contributed by atoms with Crippen molar-refractivity contribution in [3.63, 3.8) is 0 Å². The molecule has 8 heteroatoms. The van der Waals surface area contributed by atoms with Gasteiger partial charge in [-0.15, -0.1) is 11.6 Å². The number of anilines is 1. The van der Waals surface area contributed by atoms with E-state index < -0.39 is 11.9 Å². The third-order valence-corrected chi connectivity index (χ3v) is 4.34. The van der Waals surface area contributed by atoms with Gasteiger partial charge in [0.2, 0.25) is 5.91 Å². The summed E-state index contributed by atoms with van der Waals surface area (Å²) in [4.78, 5) is 28.8. The van der Waals surface area contributed by atoms with E-state index in [0.29, 0.717) is 5.82 Å². The SMILES string of the molecule is CCOC(=O)c1cnn(-c2cc(C)c3cccc(C)c3n2)c1NC(=O)CCl. The van der Waals surface area contributed by atoms with Crippen LogP contribution in [0.2, 0.25) is 0 Å². The molecule has 2 aromatic heterocycles. The van der Waals surface area contributed by atoms with Crippen LogP contribution in [-0.2, 0) is 9.53 Å². The Labute approximate surface area is 161 Å². The quantitative estimate of drug-likeness (QED) is 0.536. The number of carbonyl (C=O) groups is 2.